The standard InChI is InChI=1S/C37H44O10S/c1-18-15-22(38)44-24-19(18)16-20(31(2,3)4)26-23(24)25(45-30(42)37-14-12-35(10,28(40)47-37)33(37,7)8)21(17-48-26)43-29(41)36-13-11-34(9,27(39)46-36)32(36,5)6/h15-16,21,25H,11-14,17H2,1-10H3/t21-,25-,34?,35?,36?,37?/m0/s1. The molecule has 3 aliphatic heterocycles. The first-order valence-corrected chi connectivity index (χ1v) is 17.7. The van der Waals surface area contributed by atoms with Crippen molar-refractivity contribution in [3.8, 4) is 0 Å². The second-order valence-corrected chi connectivity index (χ2v) is 18.0. The van der Waals surface area contributed by atoms with Gasteiger partial charge in [0.05, 0.1) is 16.4 Å². The number of aryl methyl sites for hydroxylation is 1. The average Bonchev–Trinajstić information content (AvgIpc) is 3.45. The van der Waals surface area contributed by atoms with Crippen molar-refractivity contribution in [3.05, 3.63) is 39.2 Å². The molecule has 7 rings (SSSR count). The molecule has 4 fully saturated rings. The fourth-order valence-electron chi connectivity index (χ4n) is 8.94. The van der Waals surface area contributed by atoms with Crippen molar-refractivity contribution in [3.63, 3.8) is 0 Å². The van der Waals surface area contributed by atoms with Gasteiger partial charge in [0.2, 0.25) is 11.2 Å². The number of rotatable bonds is 4. The van der Waals surface area contributed by atoms with Gasteiger partial charge in [-0.3, -0.25) is 9.59 Å². The Labute approximate surface area is 283 Å². The average molecular weight is 681 g/mol. The van der Waals surface area contributed by atoms with E-state index in [0.29, 0.717) is 35.8 Å². The molecule has 0 amide bonds. The summed E-state index contributed by atoms with van der Waals surface area (Å²) in [6, 6.07) is 3.42. The van der Waals surface area contributed by atoms with Gasteiger partial charge in [-0.2, -0.15) is 0 Å². The Morgan fingerprint density at radius 1 is 0.812 bits per heavy atom. The number of benzene rings is 1. The van der Waals surface area contributed by atoms with E-state index >= 15 is 0 Å². The van der Waals surface area contributed by atoms with Crippen LogP contribution in [0.15, 0.2) is 26.2 Å². The molecule has 1 aromatic carbocycles. The van der Waals surface area contributed by atoms with Crippen LogP contribution in [0.5, 0.6) is 0 Å². The molecule has 0 N–H and O–H groups in total. The maximum absolute atomic E-state index is 14.6. The fraction of sp³-hybridized carbons (Fsp3) is 0.649. The summed E-state index contributed by atoms with van der Waals surface area (Å²) in [6.07, 6.45) is -0.768. The van der Waals surface area contributed by atoms with Crippen LogP contribution in [-0.2, 0) is 43.5 Å². The molecule has 0 spiro atoms. The molecule has 6 atom stereocenters. The number of thioether (sulfide) groups is 1. The Balaban J connectivity index is 1.38. The van der Waals surface area contributed by atoms with Gasteiger partial charge >= 0.3 is 29.5 Å². The lowest BCUT2D eigenvalue weighted by Gasteiger charge is -2.40. The lowest BCUT2D eigenvalue weighted by Crippen LogP contribution is -2.52. The minimum atomic E-state index is -1.55. The van der Waals surface area contributed by atoms with Crippen molar-refractivity contribution in [1.29, 1.82) is 0 Å². The van der Waals surface area contributed by atoms with Crippen molar-refractivity contribution >= 4 is 46.6 Å². The predicted molar refractivity (Wildman–Crippen MR) is 175 cm³/mol. The van der Waals surface area contributed by atoms with E-state index in [1.165, 1.54) is 17.8 Å². The van der Waals surface area contributed by atoms with Crippen LogP contribution in [0.2, 0.25) is 0 Å². The van der Waals surface area contributed by atoms with Gasteiger partial charge in [0.1, 0.15) is 5.58 Å². The fourth-order valence-corrected chi connectivity index (χ4v) is 10.4. The molecular weight excluding hydrogens is 636 g/mol. The Bertz CT molecular complexity index is 1900. The largest absolute Gasteiger partial charge is 0.454 e. The first-order chi connectivity index (χ1) is 22.1. The monoisotopic (exact) mass is 680 g/mol. The number of ether oxygens (including phenoxy) is 4. The number of fused-ring (bicyclic) bond motifs is 7. The summed E-state index contributed by atoms with van der Waals surface area (Å²) in [4.78, 5) is 68.6. The Morgan fingerprint density at radius 3 is 1.79 bits per heavy atom. The smallest absolute Gasteiger partial charge is 0.351 e. The highest BCUT2D eigenvalue weighted by atomic mass is 32.2. The van der Waals surface area contributed by atoms with E-state index in [2.05, 4.69) is 20.8 Å². The zero-order chi connectivity index (χ0) is 35.2. The van der Waals surface area contributed by atoms with Crippen LogP contribution in [0.25, 0.3) is 11.0 Å². The summed E-state index contributed by atoms with van der Waals surface area (Å²) in [5.74, 6) is -2.13. The molecular formula is C37H44O10S. The molecule has 4 heterocycles. The molecule has 48 heavy (non-hydrogen) atoms. The first-order valence-electron chi connectivity index (χ1n) is 16.7. The first kappa shape index (κ1) is 33.2. The quantitative estimate of drug-likeness (QED) is 0.206. The van der Waals surface area contributed by atoms with Crippen LogP contribution >= 0.6 is 11.8 Å². The third-order valence-electron chi connectivity index (χ3n) is 13.4. The third-order valence-corrected chi connectivity index (χ3v) is 14.6. The highest BCUT2D eigenvalue weighted by Gasteiger charge is 2.78. The Morgan fingerprint density at radius 2 is 1.33 bits per heavy atom. The van der Waals surface area contributed by atoms with Crippen molar-refractivity contribution in [1.82, 2.24) is 0 Å². The maximum atomic E-state index is 14.6. The lowest BCUT2D eigenvalue weighted by atomic mass is 9.66. The Hall–Kier alpha value is -3.34. The molecule has 2 saturated carbocycles. The molecule has 258 valence electrons. The summed E-state index contributed by atoms with van der Waals surface area (Å²) >= 11 is 1.43. The van der Waals surface area contributed by atoms with E-state index in [9.17, 15) is 24.0 Å². The van der Waals surface area contributed by atoms with E-state index in [-0.39, 0.29) is 23.2 Å². The van der Waals surface area contributed by atoms with E-state index in [1.54, 1.807) is 0 Å². The number of hydrogen-bond acceptors (Lipinski definition) is 11. The third kappa shape index (κ3) is 3.80. The summed E-state index contributed by atoms with van der Waals surface area (Å²) < 4.78 is 30.4. The SMILES string of the molecule is Cc1cc(=O)oc2c3c(c(C(C)(C)C)cc12)SC[C@H](OC(=O)C12CCC(C)(C(=O)O1)C2(C)C)[C@@H]3OC(=O)C12CCC(C)(C(=O)O1)C2(C)C. The number of hydrogen-bond donors (Lipinski definition) is 0. The molecule has 2 aliphatic carbocycles. The number of carbonyl (C=O) groups excluding carboxylic acids is 4. The summed E-state index contributed by atoms with van der Waals surface area (Å²) in [5.41, 5.74) is -5.16. The van der Waals surface area contributed by atoms with Crippen molar-refractivity contribution in [2.24, 2.45) is 21.7 Å². The van der Waals surface area contributed by atoms with Crippen molar-refractivity contribution < 1.29 is 42.5 Å². The zero-order valence-electron chi connectivity index (χ0n) is 29.3. The van der Waals surface area contributed by atoms with Crippen LogP contribution in [0.3, 0.4) is 0 Å². The summed E-state index contributed by atoms with van der Waals surface area (Å²) in [7, 11) is 0. The molecule has 2 saturated heterocycles. The Kier molecular flexibility index (Phi) is 6.68. The van der Waals surface area contributed by atoms with Gasteiger partial charge in [-0.05, 0) is 69.1 Å². The molecule has 2 aromatic rings. The molecule has 4 unspecified atom stereocenters. The summed E-state index contributed by atoms with van der Waals surface area (Å²) in [6.45, 7) is 19.1. The van der Waals surface area contributed by atoms with Crippen LogP contribution < -0.4 is 5.63 Å². The predicted octanol–water partition coefficient (Wildman–Crippen LogP) is 6.24. The lowest BCUT2D eigenvalue weighted by molar-refractivity contribution is -0.201. The molecule has 4 bridgehead atoms. The van der Waals surface area contributed by atoms with E-state index in [4.69, 9.17) is 23.4 Å². The van der Waals surface area contributed by atoms with Gasteiger partial charge in [0.25, 0.3) is 0 Å². The van der Waals surface area contributed by atoms with Crippen LogP contribution in [0.1, 0.15) is 111 Å². The van der Waals surface area contributed by atoms with Gasteiger partial charge in [-0.15, -0.1) is 11.8 Å². The highest BCUT2D eigenvalue weighted by molar-refractivity contribution is 7.99. The van der Waals surface area contributed by atoms with Gasteiger partial charge < -0.3 is 23.4 Å². The van der Waals surface area contributed by atoms with E-state index in [0.717, 1.165) is 10.5 Å². The van der Waals surface area contributed by atoms with Gasteiger partial charge in [0, 0.05) is 32.9 Å². The minimum absolute atomic E-state index is 0.205. The second kappa shape index (κ2) is 9.67. The minimum Gasteiger partial charge on any atom is -0.454 e. The summed E-state index contributed by atoms with van der Waals surface area (Å²) in [5, 5.41) is 0.669. The molecule has 11 heteroatoms. The van der Waals surface area contributed by atoms with E-state index < -0.39 is 74.6 Å². The zero-order valence-corrected chi connectivity index (χ0v) is 30.2. The number of esters is 4. The number of carbonyl (C=O) groups is 4. The highest BCUT2D eigenvalue weighted by Crippen LogP contribution is 2.67. The molecule has 10 nitrogen and oxygen atoms in total. The van der Waals surface area contributed by atoms with Crippen molar-refractivity contribution in [2.45, 2.75) is 129 Å². The van der Waals surface area contributed by atoms with Gasteiger partial charge in [-0.1, -0.05) is 48.5 Å². The molecule has 0 radical (unpaired) electrons. The molecule has 1 aromatic heterocycles. The van der Waals surface area contributed by atoms with Crippen LogP contribution in [0, 0.1) is 28.6 Å². The van der Waals surface area contributed by atoms with Crippen molar-refractivity contribution in [2.75, 3.05) is 5.75 Å². The maximum Gasteiger partial charge on any atom is 0.351 e. The molecule has 5 aliphatic rings. The van der Waals surface area contributed by atoms with Crippen LogP contribution in [0.4, 0.5) is 0 Å². The van der Waals surface area contributed by atoms with E-state index in [1.807, 2.05) is 54.5 Å². The second-order valence-electron chi connectivity index (χ2n) is 17.0. The normalized spacial score (nSPS) is 35.7. The van der Waals surface area contributed by atoms with Gasteiger partial charge in [0.15, 0.2) is 12.2 Å². The topological polar surface area (TPSA) is 135 Å². The van der Waals surface area contributed by atoms with Gasteiger partial charge in [-0.25, -0.2) is 14.4 Å². The van der Waals surface area contributed by atoms with Crippen LogP contribution in [-0.4, -0.2) is 46.9 Å².